The van der Waals surface area contributed by atoms with Crippen LogP contribution in [0.1, 0.15) is 26.7 Å². The molecular weight excluding hydrogens is 190 g/mol. The summed E-state index contributed by atoms with van der Waals surface area (Å²) in [6.07, 6.45) is 1.73. The molecule has 0 aromatic carbocycles. The second kappa shape index (κ2) is 6.34. The molecule has 1 unspecified atom stereocenters. The topological polar surface area (TPSA) is 69.4 Å². The Morgan fingerprint density at radius 3 is 2.38 bits per heavy atom. The van der Waals surface area contributed by atoms with Crippen LogP contribution in [0.15, 0.2) is 0 Å². The van der Waals surface area contributed by atoms with Crippen LogP contribution in [0.3, 0.4) is 0 Å². The molecule has 0 bridgehead atoms. The summed E-state index contributed by atoms with van der Waals surface area (Å²) in [7, 11) is -3.35. The summed E-state index contributed by atoms with van der Waals surface area (Å²) < 4.78 is 26.8. The van der Waals surface area contributed by atoms with E-state index >= 15 is 0 Å². The number of hydrogen-bond acceptors (Lipinski definition) is 3. The molecule has 0 saturated heterocycles. The predicted molar refractivity (Wildman–Crippen MR) is 52.9 cm³/mol. The van der Waals surface area contributed by atoms with Crippen molar-refractivity contribution in [2.24, 2.45) is 11.1 Å². The van der Waals surface area contributed by atoms with E-state index < -0.39 is 10.0 Å². The van der Waals surface area contributed by atoms with Crippen molar-refractivity contribution in [3.63, 3.8) is 0 Å². The highest BCUT2D eigenvalue weighted by Gasteiger charge is 2.13. The maximum absolute atomic E-state index is 10.8. The lowest BCUT2D eigenvalue weighted by atomic mass is 10.1. The Kier molecular flexibility index (Phi) is 6.28. The first-order chi connectivity index (χ1) is 5.99. The van der Waals surface area contributed by atoms with Gasteiger partial charge in [-0.15, -0.1) is 0 Å². The summed E-state index contributed by atoms with van der Waals surface area (Å²) in [5.74, 6) is 0.0503. The molecule has 0 saturated carbocycles. The fourth-order valence-electron chi connectivity index (χ4n) is 1.01. The van der Waals surface area contributed by atoms with Crippen LogP contribution in [0.5, 0.6) is 0 Å². The van der Waals surface area contributed by atoms with Crippen LogP contribution >= 0.6 is 0 Å². The molecule has 5 heteroatoms. The molecule has 0 aliphatic carbocycles. The van der Waals surface area contributed by atoms with Crippen molar-refractivity contribution in [2.75, 3.05) is 19.0 Å². The van der Waals surface area contributed by atoms with Crippen LogP contribution in [-0.2, 0) is 14.8 Å². The first-order valence-corrected chi connectivity index (χ1v) is 6.29. The number of ether oxygens (including phenoxy) is 1. The van der Waals surface area contributed by atoms with E-state index in [9.17, 15) is 8.42 Å². The van der Waals surface area contributed by atoms with Crippen molar-refractivity contribution in [2.45, 2.75) is 26.7 Å². The largest absolute Gasteiger partial charge is 0.381 e. The maximum Gasteiger partial charge on any atom is 0.209 e. The smallest absolute Gasteiger partial charge is 0.209 e. The summed E-state index contributed by atoms with van der Waals surface area (Å²) in [5.41, 5.74) is 0. The van der Waals surface area contributed by atoms with Crippen molar-refractivity contribution < 1.29 is 13.2 Å². The quantitative estimate of drug-likeness (QED) is 0.628. The Bertz CT molecular complexity index is 213. The predicted octanol–water partition coefficient (Wildman–Crippen LogP) is 0.728. The van der Waals surface area contributed by atoms with Gasteiger partial charge in [0, 0.05) is 6.61 Å². The van der Waals surface area contributed by atoms with E-state index in [1.165, 1.54) is 0 Å². The monoisotopic (exact) mass is 209 g/mol. The van der Waals surface area contributed by atoms with Gasteiger partial charge in [0.25, 0.3) is 0 Å². The van der Waals surface area contributed by atoms with Crippen molar-refractivity contribution in [1.29, 1.82) is 0 Å². The number of nitrogens with two attached hydrogens (primary N) is 1. The van der Waals surface area contributed by atoms with E-state index in [1.807, 2.05) is 13.8 Å². The number of primary sulfonamides is 1. The molecule has 0 rings (SSSR count). The average molecular weight is 209 g/mol. The SMILES string of the molecule is CCCOCC(CC)CS(N)(=O)=O. The molecule has 80 valence electrons. The molecule has 0 heterocycles. The number of rotatable bonds is 7. The lowest BCUT2D eigenvalue weighted by molar-refractivity contribution is 0.105. The standard InChI is InChI=1S/C8H19NO3S/c1-3-5-12-6-8(4-2)7-13(9,10)11/h8H,3-7H2,1-2H3,(H2,9,10,11). The van der Waals surface area contributed by atoms with Crippen molar-refractivity contribution in [3.05, 3.63) is 0 Å². The van der Waals surface area contributed by atoms with Crippen LogP contribution in [0.25, 0.3) is 0 Å². The first-order valence-electron chi connectivity index (χ1n) is 4.57. The van der Waals surface area contributed by atoms with E-state index in [4.69, 9.17) is 9.88 Å². The van der Waals surface area contributed by atoms with E-state index in [-0.39, 0.29) is 11.7 Å². The Hall–Kier alpha value is -0.130. The molecule has 0 aliphatic heterocycles. The average Bonchev–Trinajstić information content (AvgIpc) is 2.01. The normalized spacial score (nSPS) is 14.4. The summed E-state index contributed by atoms with van der Waals surface area (Å²) in [4.78, 5) is 0. The zero-order valence-corrected chi connectivity index (χ0v) is 9.14. The molecular formula is C8H19NO3S. The third kappa shape index (κ3) is 8.21. The van der Waals surface area contributed by atoms with Gasteiger partial charge in [-0.3, -0.25) is 0 Å². The highest BCUT2D eigenvalue weighted by atomic mass is 32.2. The Morgan fingerprint density at radius 2 is 2.00 bits per heavy atom. The van der Waals surface area contributed by atoms with Crippen molar-refractivity contribution in [3.8, 4) is 0 Å². The van der Waals surface area contributed by atoms with Crippen LogP contribution in [0, 0.1) is 5.92 Å². The van der Waals surface area contributed by atoms with Gasteiger partial charge in [0.15, 0.2) is 0 Å². The maximum atomic E-state index is 10.8. The van der Waals surface area contributed by atoms with E-state index in [0.29, 0.717) is 13.2 Å². The van der Waals surface area contributed by atoms with E-state index in [1.54, 1.807) is 0 Å². The van der Waals surface area contributed by atoms with Gasteiger partial charge in [0.2, 0.25) is 10.0 Å². The van der Waals surface area contributed by atoms with Gasteiger partial charge in [0.05, 0.1) is 12.4 Å². The van der Waals surface area contributed by atoms with Crippen molar-refractivity contribution in [1.82, 2.24) is 0 Å². The summed E-state index contributed by atoms with van der Waals surface area (Å²) in [6, 6.07) is 0. The van der Waals surface area contributed by atoms with E-state index in [0.717, 1.165) is 12.8 Å². The summed E-state index contributed by atoms with van der Waals surface area (Å²) in [6.45, 7) is 5.12. The van der Waals surface area contributed by atoms with Crippen molar-refractivity contribution >= 4 is 10.0 Å². The van der Waals surface area contributed by atoms with Gasteiger partial charge in [0.1, 0.15) is 0 Å². The second-order valence-electron chi connectivity index (χ2n) is 3.18. The van der Waals surface area contributed by atoms with Crippen LogP contribution in [0.4, 0.5) is 0 Å². The molecule has 0 aromatic rings. The molecule has 1 atom stereocenters. The minimum Gasteiger partial charge on any atom is -0.381 e. The van der Waals surface area contributed by atoms with Gasteiger partial charge < -0.3 is 4.74 Å². The molecule has 0 spiro atoms. The lowest BCUT2D eigenvalue weighted by Crippen LogP contribution is -2.25. The van der Waals surface area contributed by atoms with Gasteiger partial charge in [-0.1, -0.05) is 20.3 Å². The molecule has 0 radical (unpaired) electrons. The Labute approximate surface area is 80.5 Å². The zero-order chi connectivity index (χ0) is 10.3. The third-order valence-corrected chi connectivity index (χ3v) is 2.68. The Balaban J connectivity index is 3.77. The van der Waals surface area contributed by atoms with E-state index in [2.05, 4.69) is 0 Å². The second-order valence-corrected chi connectivity index (χ2v) is 4.84. The fraction of sp³-hybridized carbons (Fsp3) is 1.00. The first kappa shape index (κ1) is 12.9. The zero-order valence-electron chi connectivity index (χ0n) is 8.32. The fourth-order valence-corrected chi connectivity index (χ4v) is 2.00. The van der Waals surface area contributed by atoms with Gasteiger partial charge in [-0.25, -0.2) is 13.6 Å². The third-order valence-electron chi connectivity index (χ3n) is 1.75. The molecule has 2 N–H and O–H groups in total. The van der Waals surface area contributed by atoms with Crippen LogP contribution in [-0.4, -0.2) is 27.4 Å². The van der Waals surface area contributed by atoms with Crippen LogP contribution in [0.2, 0.25) is 0 Å². The van der Waals surface area contributed by atoms with Gasteiger partial charge in [-0.05, 0) is 12.3 Å². The van der Waals surface area contributed by atoms with Gasteiger partial charge in [-0.2, -0.15) is 0 Å². The highest BCUT2D eigenvalue weighted by molar-refractivity contribution is 7.89. The number of hydrogen-bond donors (Lipinski definition) is 1. The molecule has 4 nitrogen and oxygen atoms in total. The molecule has 0 aliphatic rings. The highest BCUT2D eigenvalue weighted by Crippen LogP contribution is 2.05. The Morgan fingerprint density at radius 1 is 1.38 bits per heavy atom. The summed E-state index contributed by atoms with van der Waals surface area (Å²) >= 11 is 0. The minimum atomic E-state index is -3.35. The molecule has 0 amide bonds. The minimum absolute atomic E-state index is 0.0210. The van der Waals surface area contributed by atoms with Crippen LogP contribution < -0.4 is 5.14 Å². The van der Waals surface area contributed by atoms with Gasteiger partial charge >= 0.3 is 0 Å². The summed E-state index contributed by atoms with van der Waals surface area (Å²) in [5, 5.41) is 4.93. The molecule has 0 aromatic heterocycles. The lowest BCUT2D eigenvalue weighted by Gasteiger charge is -2.12. The molecule has 0 fully saturated rings. The molecule has 13 heavy (non-hydrogen) atoms. The number of sulfonamides is 1.